The minimum atomic E-state index is -0.610. The van der Waals surface area contributed by atoms with Crippen LogP contribution < -0.4 is 5.32 Å². The molecule has 0 aromatic heterocycles. The first-order chi connectivity index (χ1) is 14.3. The molecule has 7 heteroatoms. The van der Waals surface area contributed by atoms with Crippen molar-refractivity contribution < 1.29 is 14.0 Å². The fourth-order valence-corrected chi connectivity index (χ4v) is 3.87. The van der Waals surface area contributed by atoms with Crippen LogP contribution in [0.15, 0.2) is 48.5 Å². The zero-order valence-corrected chi connectivity index (χ0v) is 19.1. The van der Waals surface area contributed by atoms with Crippen LogP contribution in [0.2, 0.25) is 5.02 Å². The molecule has 0 saturated carbocycles. The first kappa shape index (κ1) is 24.2. The van der Waals surface area contributed by atoms with E-state index in [-0.39, 0.29) is 23.4 Å². The lowest BCUT2D eigenvalue weighted by atomic mass is 10.1. The van der Waals surface area contributed by atoms with Crippen LogP contribution in [-0.2, 0) is 21.9 Å². The summed E-state index contributed by atoms with van der Waals surface area (Å²) >= 11 is 7.52. The van der Waals surface area contributed by atoms with Gasteiger partial charge in [-0.2, -0.15) is 0 Å². The van der Waals surface area contributed by atoms with E-state index in [2.05, 4.69) is 5.32 Å². The van der Waals surface area contributed by atoms with Crippen molar-refractivity contribution in [3.05, 3.63) is 70.5 Å². The molecular formula is C23H28ClFN2O2S. The number of carbonyl (C=O) groups excluding carboxylic acids is 2. The summed E-state index contributed by atoms with van der Waals surface area (Å²) in [5, 5.41) is 3.49. The maximum atomic E-state index is 13.0. The number of rotatable bonds is 10. The number of amides is 2. The molecule has 4 nitrogen and oxygen atoms in total. The second kappa shape index (κ2) is 12.0. The Hall–Kier alpha value is -2.05. The number of hydrogen-bond acceptors (Lipinski definition) is 3. The van der Waals surface area contributed by atoms with Crippen molar-refractivity contribution in [3.8, 4) is 0 Å². The second-order valence-electron chi connectivity index (χ2n) is 7.59. The third-order valence-corrected chi connectivity index (χ3v) is 5.72. The van der Waals surface area contributed by atoms with Crippen molar-refractivity contribution in [2.45, 2.75) is 39.1 Å². The van der Waals surface area contributed by atoms with Crippen LogP contribution in [0.4, 0.5) is 4.39 Å². The van der Waals surface area contributed by atoms with Crippen LogP contribution in [0.3, 0.4) is 0 Å². The summed E-state index contributed by atoms with van der Waals surface area (Å²) in [7, 11) is 0. The summed E-state index contributed by atoms with van der Waals surface area (Å²) in [4.78, 5) is 27.2. The lowest BCUT2D eigenvalue weighted by Crippen LogP contribution is -2.48. The van der Waals surface area contributed by atoms with Crippen molar-refractivity contribution in [1.82, 2.24) is 10.2 Å². The van der Waals surface area contributed by atoms with Gasteiger partial charge in [-0.3, -0.25) is 9.59 Å². The highest BCUT2D eigenvalue weighted by atomic mass is 35.5. The second-order valence-corrected chi connectivity index (χ2v) is 9.01. The van der Waals surface area contributed by atoms with Gasteiger partial charge in [0.05, 0.1) is 5.75 Å². The Morgan fingerprint density at radius 1 is 1.10 bits per heavy atom. The van der Waals surface area contributed by atoms with Gasteiger partial charge in [-0.1, -0.05) is 49.7 Å². The van der Waals surface area contributed by atoms with Crippen molar-refractivity contribution in [2.24, 2.45) is 5.92 Å². The molecule has 2 aromatic rings. The molecule has 0 aliphatic carbocycles. The van der Waals surface area contributed by atoms with Crippen LogP contribution in [-0.4, -0.2) is 35.1 Å². The molecule has 0 spiro atoms. The average Bonchev–Trinajstić information content (AvgIpc) is 2.71. The third kappa shape index (κ3) is 8.00. The molecule has 0 aliphatic heterocycles. The Morgan fingerprint density at radius 3 is 2.43 bits per heavy atom. The third-order valence-electron chi connectivity index (χ3n) is 4.50. The van der Waals surface area contributed by atoms with Gasteiger partial charge in [0, 0.05) is 23.9 Å². The van der Waals surface area contributed by atoms with Crippen molar-refractivity contribution >= 4 is 35.2 Å². The summed E-state index contributed by atoms with van der Waals surface area (Å²) in [6.07, 6.45) is 0. The number of halogens is 2. The maximum Gasteiger partial charge on any atom is 0.242 e. The summed E-state index contributed by atoms with van der Waals surface area (Å²) in [6.45, 7) is 6.63. The predicted molar refractivity (Wildman–Crippen MR) is 122 cm³/mol. The molecule has 2 rings (SSSR count). The smallest absolute Gasteiger partial charge is 0.242 e. The zero-order chi connectivity index (χ0) is 22.1. The number of thioether (sulfide) groups is 1. The number of benzene rings is 2. The summed E-state index contributed by atoms with van der Waals surface area (Å²) in [5.74, 6) is 0.542. The summed E-state index contributed by atoms with van der Waals surface area (Å²) in [5.41, 5.74) is 1.81. The topological polar surface area (TPSA) is 49.4 Å². The van der Waals surface area contributed by atoms with E-state index in [9.17, 15) is 14.0 Å². The molecule has 162 valence electrons. The Kier molecular flexibility index (Phi) is 9.66. The van der Waals surface area contributed by atoms with Crippen LogP contribution >= 0.6 is 23.4 Å². The molecule has 0 heterocycles. The van der Waals surface area contributed by atoms with E-state index >= 15 is 0 Å². The van der Waals surface area contributed by atoms with Gasteiger partial charge in [-0.15, -0.1) is 11.8 Å². The van der Waals surface area contributed by atoms with E-state index in [1.54, 1.807) is 36.1 Å². The van der Waals surface area contributed by atoms with E-state index in [1.807, 2.05) is 26.0 Å². The maximum absolute atomic E-state index is 13.0. The lowest BCUT2D eigenvalue weighted by Gasteiger charge is -2.29. The monoisotopic (exact) mass is 450 g/mol. The normalized spacial score (nSPS) is 11.9. The molecule has 1 N–H and O–H groups in total. The van der Waals surface area contributed by atoms with Gasteiger partial charge in [-0.25, -0.2) is 4.39 Å². The van der Waals surface area contributed by atoms with Gasteiger partial charge in [-0.05, 0) is 48.2 Å². The van der Waals surface area contributed by atoms with Crippen molar-refractivity contribution in [2.75, 3.05) is 12.3 Å². The van der Waals surface area contributed by atoms with Gasteiger partial charge in [0.25, 0.3) is 0 Å². The van der Waals surface area contributed by atoms with Gasteiger partial charge in [0.1, 0.15) is 11.9 Å². The van der Waals surface area contributed by atoms with Gasteiger partial charge >= 0.3 is 0 Å². The van der Waals surface area contributed by atoms with Crippen LogP contribution in [0.1, 0.15) is 31.9 Å². The summed E-state index contributed by atoms with van der Waals surface area (Å²) in [6, 6.07) is 12.9. The minimum Gasteiger partial charge on any atom is -0.354 e. The van der Waals surface area contributed by atoms with E-state index < -0.39 is 6.04 Å². The number of hydrogen-bond donors (Lipinski definition) is 1. The highest BCUT2D eigenvalue weighted by Crippen LogP contribution is 2.18. The molecule has 0 radical (unpaired) electrons. The van der Waals surface area contributed by atoms with Gasteiger partial charge in [0.2, 0.25) is 11.8 Å². The molecule has 2 aromatic carbocycles. The Bertz CT molecular complexity index is 845. The van der Waals surface area contributed by atoms with Crippen LogP contribution in [0.25, 0.3) is 0 Å². The molecule has 2 amide bonds. The SMILES string of the molecule is CC(C)CNC(=O)[C@H](C)N(Cc1cccc(Cl)c1)C(=O)CSCc1ccc(F)cc1. The minimum absolute atomic E-state index is 0.130. The van der Waals surface area contributed by atoms with Gasteiger partial charge < -0.3 is 10.2 Å². The largest absolute Gasteiger partial charge is 0.354 e. The molecule has 1 atom stereocenters. The Labute approximate surface area is 187 Å². The predicted octanol–water partition coefficient (Wildman–Crippen LogP) is 4.90. The molecule has 0 unspecified atom stereocenters. The van der Waals surface area contributed by atoms with Gasteiger partial charge in [0.15, 0.2) is 0 Å². The molecule has 30 heavy (non-hydrogen) atoms. The van der Waals surface area contributed by atoms with Crippen molar-refractivity contribution in [1.29, 1.82) is 0 Å². The number of nitrogens with zero attached hydrogens (tertiary/aromatic N) is 1. The van der Waals surface area contributed by atoms with E-state index in [1.165, 1.54) is 23.9 Å². The average molecular weight is 451 g/mol. The van der Waals surface area contributed by atoms with Crippen molar-refractivity contribution in [3.63, 3.8) is 0 Å². The zero-order valence-electron chi connectivity index (χ0n) is 17.5. The molecular weight excluding hydrogens is 423 g/mol. The molecule has 0 aliphatic rings. The Morgan fingerprint density at radius 2 is 1.80 bits per heavy atom. The van der Waals surface area contributed by atoms with E-state index in [4.69, 9.17) is 11.6 Å². The van der Waals surface area contributed by atoms with Crippen LogP contribution in [0.5, 0.6) is 0 Å². The molecule has 0 fully saturated rings. The molecule has 0 saturated heterocycles. The van der Waals surface area contributed by atoms with E-state index in [0.717, 1.165) is 11.1 Å². The first-order valence-corrected chi connectivity index (χ1v) is 11.4. The highest BCUT2D eigenvalue weighted by molar-refractivity contribution is 7.99. The number of nitrogens with one attached hydrogen (secondary N) is 1. The quantitative estimate of drug-likeness (QED) is 0.560. The lowest BCUT2D eigenvalue weighted by molar-refractivity contribution is -0.138. The summed E-state index contributed by atoms with van der Waals surface area (Å²) < 4.78 is 13.0. The molecule has 0 bridgehead atoms. The number of carbonyl (C=O) groups is 2. The standard InChI is InChI=1S/C23H28ClFN2O2S/c1-16(2)12-26-23(29)17(3)27(13-19-5-4-6-20(24)11-19)22(28)15-30-14-18-7-9-21(25)10-8-18/h4-11,16-17H,12-15H2,1-3H3,(H,26,29)/t17-/m0/s1. The first-order valence-electron chi connectivity index (χ1n) is 9.90. The van der Waals surface area contributed by atoms with E-state index in [0.29, 0.717) is 29.8 Å². The highest BCUT2D eigenvalue weighted by Gasteiger charge is 2.26. The van der Waals surface area contributed by atoms with Crippen LogP contribution in [0, 0.1) is 11.7 Å². The fourth-order valence-electron chi connectivity index (χ4n) is 2.79. The fraction of sp³-hybridized carbons (Fsp3) is 0.391. The Balaban J connectivity index is 2.05.